The van der Waals surface area contributed by atoms with Gasteiger partial charge in [-0.05, 0) is 36.2 Å². The normalized spacial score (nSPS) is 10.4. The van der Waals surface area contributed by atoms with Gasteiger partial charge in [-0.1, -0.05) is 23.4 Å². The fourth-order valence-electron chi connectivity index (χ4n) is 2.99. The van der Waals surface area contributed by atoms with Gasteiger partial charge in [0.2, 0.25) is 5.91 Å². The van der Waals surface area contributed by atoms with Crippen LogP contribution in [0.1, 0.15) is 11.3 Å². The van der Waals surface area contributed by atoms with E-state index in [9.17, 15) is 4.79 Å². The highest BCUT2D eigenvalue weighted by Crippen LogP contribution is 2.32. The number of nitrogens with zero attached hydrogens (tertiary/aromatic N) is 1. The third-order valence-electron chi connectivity index (χ3n) is 4.48. The molecule has 0 saturated heterocycles. The maximum absolute atomic E-state index is 12.2. The molecule has 2 aromatic carbocycles. The number of rotatable bonds is 9. The molecule has 0 aliphatic heterocycles. The van der Waals surface area contributed by atoms with Crippen molar-refractivity contribution < 1.29 is 23.5 Å². The molecule has 1 amide bonds. The van der Waals surface area contributed by atoms with Gasteiger partial charge in [-0.25, -0.2) is 0 Å². The number of methoxy groups -OCH3 is 3. The van der Waals surface area contributed by atoms with Crippen molar-refractivity contribution in [1.29, 1.82) is 0 Å². The Kier molecular flexibility index (Phi) is 6.73. The Morgan fingerprint density at radius 3 is 2.48 bits per heavy atom. The molecule has 1 N–H and O–H groups in total. The number of amides is 1. The first-order chi connectivity index (χ1) is 14.1. The Labute approximate surface area is 169 Å². The van der Waals surface area contributed by atoms with Crippen LogP contribution in [0.3, 0.4) is 0 Å². The predicted molar refractivity (Wildman–Crippen MR) is 108 cm³/mol. The minimum atomic E-state index is -0.118. The van der Waals surface area contributed by atoms with Crippen LogP contribution in [0.2, 0.25) is 0 Å². The maximum Gasteiger partial charge on any atom is 0.226 e. The van der Waals surface area contributed by atoms with E-state index in [2.05, 4.69) is 10.5 Å². The smallest absolute Gasteiger partial charge is 0.226 e. The zero-order chi connectivity index (χ0) is 20.6. The number of carbonyl (C=O) groups excluding carboxylic acids is 1. The molecule has 3 rings (SSSR count). The van der Waals surface area contributed by atoms with E-state index < -0.39 is 0 Å². The summed E-state index contributed by atoms with van der Waals surface area (Å²) in [4.78, 5) is 12.2. The summed E-state index contributed by atoms with van der Waals surface area (Å²) in [6, 6.07) is 14.9. The van der Waals surface area contributed by atoms with E-state index in [1.54, 1.807) is 39.5 Å². The summed E-state index contributed by atoms with van der Waals surface area (Å²) in [6.45, 7) is 0.513. The van der Waals surface area contributed by atoms with Crippen LogP contribution in [-0.2, 0) is 17.6 Å². The zero-order valence-electron chi connectivity index (χ0n) is 16.7. The third-order valence-corrected chi connectivity index (χ3v) is 4.48. The topological polar surface area (TPSA) is 82.8 Å². The standard InChI is InChI=1S/C22H24N2O5/c1-26-18-7-5-4-6-15(18)10-11-23-22(25)14-17-13-20(29-24-17)16-8-9-19(27-2)21(12-16)28-3/h4-9,12-13H,10-11,14H2,1-3H3,(H,23,25). The van der Waals surface area contributed by atoms with Gasteiger partial charge in [0.1, 0.15) is 5.75 Å². The highest BCUT2D eigenvalue weighted by atomic mass is 16.5. The maximum atomic E-state index is 12.2. The molecule has 3 aromatic rings. The lowest BCUT2D eigenvalue weighted by Crippen LogP contribution is -2.27. The molecule has 0 spiro atoms. The summed E-state index contributed by atoms with van der Waals surface area (Å²) >= 11 is 0. The number of ether oxygens (including phenoxy) is 3. The molecule has 0 aliphatic rings. The second-order valence-electron chi connectivity index (χ2n) is 6.34. The minimum absolute atomic E-state index is 0.118. The van der Waals surface area contributed by atoms with E-state index in [1.807, 2.05) is 30.3 Å². The summed E-state index contributed by atoms with van der Waals surface area (Å²) in [5, 5.41) is 6.90. The first kappa shape index (κ1) is 20.3. The second kappa shape index (κ2) is 9.64. The van der Waals surface area contributed by atoms with Gasteiger partial charge in [-0.3, -0.25) is 4.79 Å². The van der Waals surface area contributed by atoms with E-state index in [-0.39, 0.29) is 12.3 Å². The molecular formula is C22H24N2O5. The van der Waals surface area contributed by atoms with Gasteiger partial charge < -0.3 is 24.1 Å². The number of carbonyl (C=O) groups is 1. The minimum Gasteiger partial charge on any atom is -0.496 e. The van der Waals surface area contributed by atoms with Crippen molar-refractivity contribution in [3.05, 3.63) is 59.8 Å². The van der Waals surface area contributed by atoms with Gasteiger partial charge in [-0.2, -0.15) is 0 Å². The van der Waals surface area contributed by atoms with Crippen LogP contribution in [0.25, 0.3) is 11.3 Å². The monoisotopic (exact) mass is 396 g/mol. The third kappa shape index (κ3) is 5.07. The molecule has 7 heteroatoms. The average molecular weight is 396 g/mol. The van der Waals surface area contributed by atoms with Crippen LogP contribution in [0.5, 0.6) is 17.2 Å². The SMILES string of the molecule is COc1ccccc1CCNC(=O)Cc1cc(-c2ccc(OC)c(OC)c2)on1. The lowest BCUT2D eigenvalue weighted by Gasteiger charge is -2.08. The van der Waals surface area contributed by atoms with Crippen LogP contribution in [0.15, 0.2) is 53.1 Å². The van der Waals surface area contributed by atoms with Crippen molar-refractivity contribution in [2.24, 2.45) is 0 Å². The van der Waals surface area contributed by atoms with Crippen LogP contribution in [0.4, 0.5) is 0 Å². The molecule has 29 heavy (non-hydrogen) atoms. The lowest BCUT2D eigenvalue weighted by molar-refractivity contribution is -0.120. The van der Waals surface area contributed by atoms with Gasteiger partial charge in [0.25, 0.3) is 0 Å². The molecule has 0 bridgehead atoms. The Hall–Kier alpha value is -3.48. The Bertz CT molecular complexity index is 967. The van der Waals surface area contributed by atoms with Gasteiger partial charge in [0.15, 0.2) is 17.3 Å². The highest BCUT2D eigenvalue weighted by Gasteiger charge is 2.13. The van der Waals surface area contributed by atoms with Crippen molar-refractivity contribution in [2.45, 2.75) is 12.8 Å². The predicted octanol–water partition coefficient (Wildman–Crippen LogP) is 3.27. The first-order valence-corrected chi connectivity index (χ1v) is 9.21. The largest absolute Gasteiger partial charge is 0.496 e. The molecule has 7 nitrogen and oxygen atoms in total. The lowest BCUT2D eigenvalue weighted by atomic mass is 10.1. The molecule has 0 fully saturated rings. The number of hydrogen-bond donors (Lipinski definition) is 1. The number of nitrogens with one attached hydrogen (secondary N) is 1. The van der Waals surface area contributed by atoms with E-state index in [4.69, 9.17) is 18.7 Å². The molecule has 0 saturated carbocycles. The summed E-state index contributed by atoms with van der Waals surface area (Å²) in [7, 11) is 4.79. The van der Waals surface area contributed by atoms with Gasteiger partial charge in [-0.15, -0.1) is 0 Å². The van der Waals surface area contributed by atoms with Crippen LogP contribution in [-0.4, -0.2) is 38.9 Å². The molecule has 0 atom stereocenters. The molecule has 1 aromatic heterocycles. The first-order valence-electron chi connectivity index (χ1n) is 9.21. The van der Waals surface area contributed by atoms with Crippen molar-refractivity contribution >= 4 is 5.91 Å². The molecule has 152 valence electrons. The number of para-hydroxylation sites is 1. The number of aromatic nitrogens is 1. The van der Waals surface area contributed by atoms with Crippen LogP contribution in [0, 0.1) is 0 Å². The molecule has 0 unspecified atom stereocenters. The fraction of sp³-hybridized carbons (Fsp3) is 0.273. The summed E-state index contributed by atoms with van der Waals surface area (Å²) in [6.07, 6.45) is 0.828. The Balaban J connectivity index is 1.56. The Morgan fingerprint density at radius 2 is 1.72 bits per heavy atom. The number of hydrogen-bond acceptors (Lipinski definition) is 6. The molecule has 0 aliphatic carbocycles. The van der Waals surface area contributed by atoms with E-state index in [0.717, 1.165) is 16.9 Å². The zero-order valence-corrected chi connectivity index (χ0v) is 16.7. The molecular weight excluding hydrogens is 372 g/mol. The summed E-state index contributed by atoms with van der Waals surface area (Å²) < 4.78 is 21.3. The van der Waals surface area contributed by atoms with E-state index in [1.165, 1.54) is 0 Å². The van der Waals surface area contributed by atoms with Gasteiger partial charge in [0.05, 0.1) is 33.4 Å². The van der Waals surface area contributed by atoms with Crippen LogP contribution >= 0.6 is 0 Å². The summed E-state index contributed by atoms with van der Waals surface area (Å²) in [5.41, 5.74) is 2.40. The van der Waals surface area contributed by atoms with E-state index in [0.29, 0.717) is 35.9 Å². The van der Waals surface area contributed by atoms with Crippen LogP contribution < -0.4 is 19.5 Å². The van der Waals surface area contributed by atoms with Gasteiger partial charge in [0, 0.05) is 18.2 Å². The van der Waals surface area contributed by atoms with Crippen molar-refractivity contribution in [3.63, 3.8) is 0 Å². The molecule has 1 heterocycles. The number of benzene rings is 2. The summed E-state index contributed by atoms with van der Waals surface area (Å²) in [5.74, 6) is 2.48. The second-order valence-corrected chi connectivity index (χ2v) is 6.34. The van der Waals surface area contributed by atoms with E-state index >= 15 is 0 Å². The van der Waals surface area contributed by atoms with Gasteiger partial charge >= 0.3 is 0 Å². The highest BCUT2D eigenvalue weighted by molar-refractivity contribution is 5.78. The van der Waals surface area contributed by atoms with Crippen molar-refractivity contribution in [2.75, 3.05) is 27.9 Å². The fourth-order valence-corrected chi connectivity index (χ4v) is 2.99. The average Bonchev–Trinajstić information content (AvgIpc) is 3.21. The van der Waals surface area contributed by atoms with Crippen molar-refractivity contribution in [3.8, 4) is 28.6 Å². The molecule has 0 radical (unpaired) electrons. The Morgan fingerprint density at radius 1 is 0.966 bits per heavy atom. The quantitative estimate of drug-likeness (QED) is 0.598. The van der Waals surface area contributed by atoms with Crippen molar-refractivity contribution in [1.82, 2.24) is 10.5 Å².